The number of rotatable bonds is 5. The van der Waals surface area contributed by atoms with Crippen molar-refractivity contribution in [1.29, 1.82) is 5.26 Å². The van der Waals surface area contributed by atoms with Crippen LogP contribution < -0.4 is 5.73 Å². The van der Waals surface area contributed by atoms with Gasteiger partial charge in [0.25, 0.3) is 0 Å². The van der Waals surface area contributed by atoms with Crippen LogP contribution in [0.15, 0.2) is 30.3 Å². The number of H-pyrrole nitrogens is 1. The van der Waals surface area contributed by atoms with Crippen molar-refractivity contribution >= 4 is 33.3 Å². The Morgan fingerprint density at radius 2 is 2.25 bits per heavy atom. The molecule has 0 spiro atoms. The highest BCUT2D eigenvalue weighted by Gasteiger charge is 2.17. The zero-order valence-corrected chi connectivity index (χ0v) is 13.0. The first-order valence-electron chi connectivity index (χ1n) is 6.86. The zero-order chi connectivity index (χ0) is 17.3. The Hall–Kier alpha value is -3.25. The number of nitro groups is 1. The lowest BCUT2D eigenvalue weighted by Gasteiger charge is -2.06. The second kappa shape index (κ2) is 6.10. The van der Waals surface area contributed by atoms with Crippen LogP contribution in [0, 0.1) is 21.4 Å². The Kier molecular flexibility index (Phi) is 3.97. The summed E-state index contributed by atoms with van der Waals surface area (Å²) in [5.74, 6) is -0.983. The van der Waals surface area contributed by atoms with Crippen LogP contribution in [0.2, 0.25) is 0 Å². The lowest BCUT2D eigenvalue weighted by Crippen LogP contribution is -2.05. The topological polar surface area (TPSA) is 136 Å². The fourth-order valence-electron chi connectivity index (χ4n) is 2.33. The van der Waals surface area contributed by atoms with Crippen LogP contribution >= 0.6 is 11.3 Å². The molecular formula is C15H10N5O3S. The second-order valence-corrected chi connectivity index (χ2v) is 6.13. The molecule has 3 aromatic rings. The van der Waals surface area contributed by atoms with Crippen molar-refractivity contribution in [3.05, 3.63) is 46.0 Å². The van der Waals surface area contributed by atoms with E-state index in [9.17, 15) is 14.9 Å². The van der Waals surface area contributed by atoms with Crippen LogP contribution in [0.3, 0.4) is 0 Å². The summed E-state index contributed by atoms with van der Waals surface area (Å²) < 4.78 is 0. The molecule has 9 heteroatoms. The number of hydrogen-bond acceptors (Lipinski definition) is 6. The number of aromatic nitrogens is 2. The van der Waals surface area contributed by atoms with E-state index < -0.39 is 16.7 Å². The van der Waals surface area contributed by atoms with Crippen LogP contribution in [0.25, 0.3) is 21.7 Å². The number of thiophene rings is 1. The largest absolute Gasteiger partial charge is 0.337 e. The van der Waals surface area contributed by atoms with Crippen molar-refractivity contribution in [2.45, 2.75) is 12.3 Å². The van der Waals surface area contributed by atoms with Crippen LogP contribution in [0.5, 0.6) is 0 Å². The van der Waals surface area contributed by atoms with E-state index in [1.165, 1.54) is 6.07 Å². The minimum Gasteiger partial charge on any atom is -0.337 e. The van der Waals surface area contributed by atoms with Crippen molar-refractivity contribution < 1.29 is 9.72 Å². The number of nitriles is 1. The molecular weight excluding hydrogens is 330 g/mol. The quantitative estimate of drug-likeness (QED) is 0.562. The van der Waals surface area contributed by atoms with Crippen LogP contribution in [-0.2, 0) is 4.79 Å². The van der Waals surface area contributed by atoms with Crippen LogP contribution in [0.1, 0.15) is 17.9 Å². The van der Waals surface area contributed by atoms with Gasteiger partial charge in [-0.25, -0.2) is 4.98 Å². The van der Waals surface area contributed by atoms with E-state index in [-0.39, 0.29) is 11.4 Å². The first-order chi connectivity index (χ1) is 11.5. The minimum atomic E-state index is -0.796. The maximum atomic E-state index is 10.9. The van der Waals surface area contributed by atoms with Crippen LogP contribution in [0.4, 0.5) is 5.00 Å². The van der Waals surface area contributed by atoms with E-state index in [0.717, 1.165) is 16.9 Å². The van der Waals surface area contributed by atoms with Crippen molar-refractivity contribution in [3.8, 4) is 16.8 Å². The standard InChI is InChI=1S/C15H10N5O3S/c16-7-9(6-13(17)21)8-1-2-10-11(5-8)19-15(18-10)12-3-4-14(24-12)20(22)23/h1-5,9,17H,6H2,(H,18,19). The molecule has 8 nitrogen and oxygen atoms in total. The molecule has 24 heavy (non-hydrogen) atoms. The number of imidazole rings is 1. The molecule has 1 radical (unpaired) electrons. The summed E-state index contributed by atoms with van der Waals surface area (Å²) in [5, 5.41) is 20.0. The third kappa shape index (κ3) is 2.95. The number of carbonyl (C=O) groups is 1. The van der Waals surface area contributed by atoms with Crippen molar-refractivity contribution in [3.63, 3.8) is 0 Å². The van der Waals surface area contributed by atoms with Gasteiger partial charge in [-0.15, -0.1) is 0 Å². The van der Waals surface area contributed by atoms with Gasteiger partial charge in [-0.3, -0.25) is 20.6 Å². The van der Waals surface area contributed by atoms with E-state index in [0.29, 0.717) is 21.8 Å². The van der Waals surface area contributed by atoms with Gasteiger partial charge in [-0.1, -0.05) is 17.4 Å². The molecule has 2 N–H and O–H groups in total. The average molecular weight is 340 g/mol. The number of fused-ring (bicyclic) bond motifs is 1. The zero-order valence-electron chi connectivity index (χ0n) is 12.1. The number of nitrogens with zero attached hydrogens (tertiary/aromatic N) is 3. The molecule has 1 amide bonds. The fourth-order valence-corrected chi connectivity index (χ4v) is 3.10. The predicted molar refractivity (Wildman–Crippen MR) is 87.1 cm³/mol. The summed E-state index contributed by atoms with van der Waals surface area (Å²) >= 11 is 1.02. The van der Waals surface area contributed by atoms with Crippen molar-refractivity contribution in [1.82, 2.24) is 15.7 Å². The number of hydrogen-bond donors (Lipinski definition) is 1. The minimum absolute atomic E-state index is 0.0321. The van der Waals surface area contributed by atoms with E-state index in [2.05, 4.69) is 9.97 Å². The maximum absolute atomic E-state index is 10.9. The van der Waals surface area contributed by atoms with Gasteiger partial charge >= 0.3 is 5.00 Å². The molecule has 0 saturated heterocycles. The first kappa shape index (κ1) is 15.6. The molecule has 0 bridgehead atoms. The molecule has 0 aliphatic heterocycles. The molecule has 1 unspecified atom stereocenters. The van der Waals surface area contributed by atoms with Crippen LogP contribution in [-0.4, -0.2) is 20.8 Å². The lowest BCUT2D eigenvalue weighted by molar-refractivity contribution is -0.380. The molecule has 3 rings (SSSR count). The molecule has 1 atom stereocenters. The number of benzene rings is 1. The van der Waals surface area contributed by atoms with Gasteiger partial charge in [0, 0.05) is 12.5 Å². The van der Waals surface area contributed by atoms with E-state index in [1.54, 1.807) is 24.3 Å². The second-order valence-electron chi connectivity index (χ2n) is 5.07. The SMILES string of the molecule is N#CC(CC([NH])=O)c1ccc2[nH]c(-c3ccc([N+](=O)[O-])s3)nc2c1. The normalized spacial score (nSPS) is 12.0. The number of carbonyl (C=O) groups excluding carboxylic acids is 1. The highest BCUT2D eigenvalue weighted by atomic mass is 32.1. The highest BCUT2D eigenvalue weighted by molar-refractivity contribution is 7.18. The summed E-state index contributed by atoms with van der Waals surface area (Å²) in [6, 6.07) is 10.2. The van der Waals surface area contributed by atoms with Gasteiger partial charge < -0.3 is 4.98 Å². The summed E-state index contributed by atoms with van der Waals surface area (Å²) in [4.78, 5) is 29.4. The van der Waals surface area contributed by atoms with Crippen molar-refractivity contribution in [2.75, 3.05) is 0 Å². The molecule has 0 aliphatic carbocycles. The third-order valence-corrected chi connectivity index (χ3v) is 4.50. The monoisotopic (exact) mass is 340 g/mol. The van der Waals surface area contributed by atoms with Gasteiger partial charge in [-0.05, 0) is 23.8 Å². The Morgan fingerprint density at radius 1 is 1.46 bits per heavy atom. The lowest BCUT2D eigenvalue weighted by atomic mass is 9.96. The molecule has 0 saturated carbocycles. The van der Waals surface area contributed by atoms with E-state index >= 15 is 0 Å². The van der Waals surface area contributed by atoms with Gasteiger partial charge in [-0.2, -0.15) is 5.26 Å². The maximum Gasteiger partial charge on any atom is 0.324 e. The van der Waals surface area contributed by atoms with Gasteiger partial charge in [0.1, 0.15) is 5.82 Å². The van der Waals surface area contributed by atoms with Gasteiger partial charge in [0.2, 0.25) is 5.91 Å². The molecule has 1 aromatic carbocycles. The van der Waals surface area contributed by atoms with E-state index in [4.69, 9.17) is 11.0 Å². The summed E-state index contributed by atoms with van der Waals surface area (Å²) in [6.45, 7) is 0. The Bertz CT molecular complexity index is 985. The third-order valence-electron chi connectivity index (χ3n) is 3.46. The van der Waals surface area contributed by atoms with E-state index in [1.807, 2.05) is 6.07 Å². The van der Waals surface area contributed by atoms with Gasteiger partial charge in [0.05, 0.1) is 32.8 Å². The summed E-state index contributed by atoms with van der Waals surface area (Å²) in [7, 11) is 0. The molecule has 0 aliphatic rings. The highest BCUT2D eigenvalue weighted by Crippen LogP contribution is 2.32. The van der Waals surface area contributed by atoms with Crippen molar-refractivity contribution in [2.24, 2.45) is 0 Å². The average Bonchev–Trinajstić information content (AvgIpc) is 3.17. The Morgan fingerprint density at radius 3 is 2.88 bits per heavy atom. The number of nitrogens with one attached hydrogen (secondary N) is 2. The van der Waals surface area contributed by atoms with Gasteiger partial charge in [0.15, 0.2) is 0 Å². The Balaban J connectivity index is 1.98. The fraction of sp³-hybridized carbons (Fsp3) is 0.133. The first-order valence-corrected chi connectivity index (χ1v) is 7.68. The summed E-state index contributed by atoms with van der Waals surface area (Å²) in [6.07, 6.45) is -0.170. The number of amides is 1. The Labute approximate surface area is 139 Å². The molecule has 2 heterocycles. The molecule has 2 aromatic heterocycles. The smallest absolute Gasteiger partial charge is 0.324 e. The molecule has 119 valence electrons. The number of aromatic amines is 1. The summed E-state index contributed by atoms with van der Waals surface area (Å²) in [5.41, 5.74) is 8.94. The molecule has 0 fully saturated rings. The predicted octanol–water partition coefficient (Wildman–Crippen LogP) is 3.01.